The van der Waals surface area contributed by atoms with Crippen LogP contribution in [0.3, 0.4) is 0 Å². The molecule has 0 aliphatic rings. The highest BCUT2D eigenvalue weighted by Gasteiger charge is 2.51. The summed E-state index contributed by atoms with van der Waals surface area (Å²) in [5.41, 5.74) is -2.41. The number of nitrogens with zero attached hydrogens (tertiary/aromatic N) is 2. The Morgan fingerprint density at radius 1 is 1.38 bits per heavy atom. The molecule has 0 aliphatic carbocycles. The first kappa shape index (κ1) is 11.9. The quantitative estimate of drug-likeness (QED) is 0.310. The number of hydrogen-bond acceptors (Lipinski definition) is 5. The zero-order chi connectivity index (χ0) is 10.6. The molecule has 13 heavy (non-hydrogen) atoms. The van der Waals surface area contributed by atoms with Crippen molar-refractivity contribution < 1.29 is 14.6 Å². The van der Waals surface area contributed by atoms with Gasteiger partial charge in [-0.05, 0) is 0 Å². The summed E-state index contributed by atoms with van der Waals surface area (Å²) in [4.78, 5) is 29.3. The minimum absolute atomic E-state index is 0.121. The molecule has 0 saturated carbocycles. The Morgan fingerprint density at radius 2 is 1.77 bits per heavy atom. The van der Waals surface area contributed by atoms with Crippen LogP contribution in [0, 0.1) is 20.2 Å². The largest absolute Gasteiger partial charge is 0.462 e. The molecule has 0 rings (SSSR count). The Morgan fingerprint density at radius 3 is 2.00 bits per heavy atom. The third-order valence-electron chi connectivity index (χ3n) is 1.47. The van der Waals surface area contributed by atoms with E-state index in [-0.39, 0.29) is 5.33 Å². The fourth-order valence-corrected chi connectivity index (χ4v) is 0.815. The molecular weight excluding hydrogens is 248 g/mol. The second-order valence-corrected chi connectivity index (χ2v) is 3.14. The number of rotatable bonds is 5. The Bertz CT molecular complexity index is 239. The summed E-state index contributed by atoms with van der Waals surface area (Å²) >= 11 is 2.77. The van der Waals surface area contributed by atoms with Gasteiger partial charge in [0.1, 0.15) is 6.42 Å². The van der Waals surface area contributed by atoms with Gasteiger partial charge in [0.2, 0.25) is 0 Å². The van der Waals surface area contributed by atoms with Crippen molar-refractivity contribution in [2.45, 2.75) is 19.0 Å². The van der Waals surface area contributed by atoms with Crippen LogP contribution in [0.25, 0.3) is 0 Å². The zero-order valence-corrected chi connectivity index (χ0v) is 8.31. The SMILES string of the molecule is CC(CC(=O)CBr)([N+](=O)[O-])[N+](=O)[O-]. The smallest absolute Gasteiger partial charge is 0.298 e. The molecule has 8 heteroatoms. The van der Waals surface area contributed by atoms with Crippen LogP contribution in [-0.2, 0) is 4.79 Å². The first-order valence-electron chi connectivity index (χ1n) is 3.21. The lowest BCUT2D eigenvalue weighted by atomic mass is 10.1. The third-order valence-corrected chi connectivity index (χ3v) is 2.09. The zero-order valence-electron chi connectivity index (χ0n) is 6.73. The highest BCUT2D eigenvalue weighted by Crippen LogP contribution is 2.15. The molecule has 0 fully saturated rings. The van der Waals surface area contributed by atoms with E-state index in [1.807, 2.05) is 0 Å². The topological polar surface area (TPSA) is 103 Å². The number of nitro groups is 2. The van der Waals surface area contributed by atoms with Gasteiger partial charge in [0.15, 0.2) is 5.78 Å². The summed E-state index contributed by atoms with van der Waals surface area (Å²) < 4.78 is 0. The Hall–Kier alpha value is -1.05. The fraction of sp³-hybridized carbons (Fsp3) is 0.800. The maximum atomic E-state index is 10.8. The van der Waals surface area contributed by atoms with Gasteiger partial charge in [-0.1, -0.05) is 15.9 Å². The Labute approximate surface area is 81.5 Å². The fourth-order valence-electron chi connectivity index (χ4n) is 0.617. The van der Waals surface area contributed by atoms with Crippen LogP contribution in [0.5, 0.6) is 0 Å². The Balaban J connectivity index is 4.72. The van der Waals surface area contributed by atoms with Gasteiger partial charge in [-0.2, -0.15) is 0 Å². The van der Waals surface area contributed by atoms with E-state index in [4.69, 9.17) is 0 Å². The summed E-state index contributed by atoms with van der Waals surface area (Å²) in [6.45, 7) is 0.813. The minimum atomic E-state index is -2.41. The van der Waals surface area contributed by atoms with Crippen LogP contribution in [0.15, 0.2) is 0 Å². The van der Waals surface area contributed by atoms with E-state index < -0.39 is 27.7 Å². The van der Waals surface area contributed by atoms with Crippen LogP contribution >= 0.6 is 15.9 Å². The van der Waals surface area contributed by atoms with Crippen LogP contribution in [0.4, 0.5) is 0 Å². The van der Waals surface area contributed by atoms with E-state index >= 15 is 0 Å². The van der Waals surface area contributed by atoms with E-state index in [1.165, 1.54) is 0 Å². The van der Waals surface area contributed by atoms with Gasteiger partial charge < -0.3 is 0 Å². The van der Waals surface area contributed by atoms with E-state index in [0.717, 1.165) is 6.92 Å². The minimum Gasteiger partial charge on any atom is -0.298 e. The Kier molecular flexibility index (Phi) is 3.92. The van der Waals surface area contributed by atoms with Crippen molar-refractivity contribution in [3.8, 4) is 0 Å². The van der Waals surface area contributed by atoms with Gasteiger partial charge in [0.25, 0.3) is 0 Å². The molecule has 0 bridgehead atoms. The van der Waals surface area contributed by atoms with Crippen molar-refractivity contribution in [2.24, 2.45) is 0 Å². The van der Waals surface area contributed by atoms with Gasteiger partial charge >= 0.3 is 5.66 Å². The molecule has 0 aromatic rings. The monoisotopic (exact) mass is 254 g/mol. The maximum Gasteiger partial charge on any atom is 0.462 e. The number of carbonyl (C=O) groups is 1. The molecule has 0 radical (unpaired) electrons. The average Bonchev–Trinajstić information content (AvgIpc) is 2.03. The first-order valence-corrected chi connectivity index (χ1v) is 4.33. The van der Waals surface area contributed by atoms with Crippen LogP contribution < -0.4 is 0 Å². The molecular formula is C5H7BrN2O5. The second-order valence-electron chi connectivity index (χ2n) is 2.58. The van der Waals surface area contributed by atoms with Crippen molar-refractivity contribution in [1.29, 1.82) is 0 Å². The molecule has 0 spiro atoms. The predicted molar refractivity (Wildman–Crippen MR) is 45.8 cm³/mol. The third kappa shape index (κ3) is 2.72. The molecule has 0 aliphatic heterocycles. The first-order chi connectivity index (χ1) is 5.84. The number of halogens is 1. The van der Waals surface area contributed by atoms with Crippen LogP contribution in [0.1, 0.15) is 13.3 Å². The lowest BCUT2D eigenvalue weighted by Crippen LogP contribution is -2.45. The van der Waals surface area contributed by atoms with Crippen molar-refractivity contribution in [3.05, 3.63) is 20.2 Å². The molecule has 7 nitrogen and oxygen atoms in total. The molecule has 0 aromatic carbocycles. The normalized spacial score (nSPS) is 10.9. The predicted octanol–water partition coefficient (Wildman–Crippen LogP) is 0.610. The molecule has 0 saturated heterocycles. The van der Waals surface area contributed by atoms with E-state index in [2.05, 4.69) is 15.9 Å². The molecule has 74 valence electrons. The maximum absolute atomic E-state index is 10.8. The number of carbonyl (C=O) groups excluding carboxylic acids is 1. The van der Waals surface area contributed by atoms with Gasteiger partial charge in [-0.25, -0.2) is 0 Å². The molecule has 0 heterocycles. The van der Waals surface area contributed by atoms with Gasteiger partial charge in [0, 0.05) is 0 Å². The number of Topliss-reactive ketones (excluding diaryl/α,β-unsaturated/α-hetero) is 1. The van der Waals surface area contributed by atoms with Crippen molar-refractivity contribution >= 4 is 21.7 Å². The van der Waals surface area contributed by atoms with E-state index in [0.29, 0.717) is 0 Å². The molecule has 0 amide bonds. The molecule has 0 N–H and O–H groups in total. The molecule has 0 unspecified atom stereocenters. The summed E-state index contributed by atoms with van der Waals surface area (Å²) in [6, 6.07) is 0. The standard InChI is InChI=1S/C5H7BrN2O5/c1-5(7(10)11,8(12)13)2-4(9)3-6/h2-3H2,1H3. The summed E-state index contributed by atoms with van der Waals surface area (Å²) in [5, 5.41) is 20.5. The highest BCUT2D eigenvalue weighted by atomic mass is 79.9. The lowest BCUT2D eigenvalue weighted by molar-refractivity contribution is -0.790. The van der Waals surface area contributed by atoms with Gasteiger partial charge in [-0.3, -0.25) is 25.0 Å². The van der Waals surface area contributed by atoms with E-state index in [9.17, 15) is 25.0 Å². The van der Waals surface area contributed by atoms with Crippen molar-refractivity contribution in [2.75, 3.05) is 5.33 Å². The summed E-state index contributed by atoms with van der Waals surface area (Å²) in [6.07, 6.45) is -0.710. The second kappa shape index (κ2) is 4.26. The highest BCUT2D eigenvalue weighted by molar-refractivity contribution is 9.09. The number of hydrogen-bond donors (Lipinski definition) is 0. The number of alkyl halides is 1. The lowest BCUT2D eigenvalue weighted by Gasteiger charge is -2.10. The van der Waals surface area contributed by atoms with Gasteiger partial charge in [0.05, 0.1) is 22.1 Å². The molecule has 0 atom stereocenters. The van der Waals surface area contributed by atoms with E-state index in [1.54, 1.807) is 0 Å². The van der Waals surface area contributed by atoms with Crippen LogP contribution in [0.2, 0.25) is 0 Å². The summed E-state index contributed by atoms with van der Waals surface area (Å²) in [7, 11) is 0. The summed E-state index contributed by atoms with van der Waals surface area (Å²) in [5.74, 6) is -0.573. The average molecular weight is 255 g/mol. The van der Waals surface area contributed by atoms with Crippen molar-refractivity contribution in [3.63, 3.8) is 0 Å². The molecule has 0 aromatic heterocycles. The van der Waals surface area contributed by atoms with Gasteiger partial charge in [-0.15, -0.1) is 0 Å². The van der Waals surface area contributed by atoms with Crippen LogP contribution in [-0.4, -0.2) is 26.6 Å². The van der Waals surface area contributed by atoms with Crippen molar-refractivity contribution in [1.82, 2.24) is 0 Å². The number of ketones is 1.